The molecule has 0 spiro atoms. The van der Waals surface area contributed by atoms with E-state index in [1.54, 1.807) is 0 Å². The topological polar surface area (TPSA) is 29.0 Å². The highest BCUT2D eigenvalue weighted by atomic mass is 35.5. The van der Waals surface area contributed by atoms with E-state index in [0.29, 0.717) is 11.7 Å². The second-order valence-electron chi connectivity index (χ2n) is 2.74. The second-order valence-corrected chi connectivity index (χ2v) is 4.11. The minimum Gasteiger partial charge on any atom is -0.348 e. The maximum Gasteiger partial charge on any atom is 0.187 e. The molecule has 0 aliphatic carbocycles. The summed E-state index contributed by atoms with van der Waals surface area (Å²) in [5, 5.41) is 1.31. The van der Waals surface area contributed by atoms with E-state index in [1.807, 2.05) is 11.0 Å². The van der Waals surface area contributed by atoms with Gasteiger partial charge in [-0.1, -0.05) is 29.3 Å². The summed E-state index contributed by atoms with van der Waals surface area (Å²) in [4.78, 5) is 2.04. The van der Waals surface area contributed by atoms with Gasteiger partial charge in [0.15, 0.2) is 11.0 Å². The third-order valence-electron chi connectivity index (χ3n) is 1.84. The fraction of sp³-hybridized carbons (Fsp3) is 0.429. The largest absolute Gasteiger partial charge is 0.348 e. The lowest BCUT2D eigenvalue weighted by atomic mass is 10.2. The summed E-state index contributed by atoms with van der Waals surface area (Å²) in [5.74, 6) is 0.748. The van der Waals surface area contributed by atoms with E-state index in [9.17, 15) is 0 Å². The Morgan fingerprint density at radius 3 is 2.85 bits per heavy atom. The van der Waals surface area contributed by atoms with Crippen molar-refractivity contribution in [3.05, 3.63) is 16.3 Å². The van der Waals surface area contributed by atoms with Gasteiger partial charge in [0.25, 0.3) is 0 Å². The van der Waals surface area contributed by atoms with Crippen LogP contribution < -0.4 is 4.90 Å². The maximum absolute atomic E-state index is 5.91. The van der Waals surface area contributed by atoms with Gasteiger partial charge < -0.3 is 4.90 Å². The Balaban J connectivity index is 2.19. The van der Waals surface area contributed by atoms with Crippen molar-refractivity contribution in [2.75, 3.05) is 18.0 Å². The standard InChI is InChI=1S/C7H7Cl2N3S/c8-5-2-1-3-12(4-5)7-6(9)10-13-11-7/h2H,1,3-4H2. The lowest BCUT2D eigenvalue weighted by Gasteiger charge is -2.24. The molecule has 13 heavy (non-hydrogen) atoms. The van der Waals surface area contributed by atoms with Crippen LogP contribution in [0.5, 0.6) is 0 Å². The first-order valence-electron chi connectivity index (χ1n) is 3.85. The first kappa shape index (κ1) is 9.24. The molecule has 2 rings (SSSR count). The van der Waals surface area contributed by atoms with Crippen molar-refractivity contribution in [2.45, 2.75) is 6.42 Å². The van der Waals surface area contributed by atoms with Crippen LogP contribution >= 0.6 is 34.9 Å². The zero-order valence-electron chi connectivity index (χ0n) is 6.70. The molecule has 1 aliphatic rings. The summed E-state index contributed by atoms with van der Waals surface area (Å²) in [6.07, 6.45) is 2.96. The van der Waals surface area contributed by atoms with E-state index in [0.717, 1.165) is 35.5 Å². The van der Waals surface area contributed by atoms with E-state index < -0.39 is 0 Å². The molecule has 0 fully saturated rings. The van der Waals surface area contributed by atoms with Crippen LogP contribution in [0.1, 0.15) is 6.42 Å². The fourth-order valence-corrected chi connectivity index (χ4v) is 2.28. The van der Waals surface area contributed by atoms with Crippen LogP contribution in [-0.2, 0) is 0 Å². The van der Waals surface area contributed by atoms with Crippen LogP contribution in [0.15, 0.2) is 11.1 Å². The summed E-state index contributed by atoms with van der Waals surface area (Å²) in [6.45, 7) is 1.59. The van der Waals surface area contributed by atoms with E-state index >= 15 is 0 Å². The molecule has 0 bridgehead atoms. The summed E-state index contributed by atoms with van der Waals surface area (Å²) in [7, 11) is 0. The third kappa shape index (κ3) is 1.95. The molecule has 0 radical (unpaired) electrons. The number of aromatic nitrogens is 2. The quantitative estimate of drug-likeness (QED) is 0.750. The molecule has 3 nitrogen and oxygen atoms in total. The lowest BCUT2D eigenvalue weighted by Crippen LogP contribution is -2.28. The highest BCUT2D eigenvalue weighted by Crippen LogP contribution is 2.26. The Labute approximate surface area is 90.3 Å². The molecule has 1 aliphatic heterocycles. The molecule has 0 aromatic carbocycles. The summed E-state index contributed by atoms with van der Waals surface area (Å²) < 4.78 is 8.02. The second kappa shape index (κ2) is 3.82. The monoisotopic (exact) mass is 235 g/mol. The van der Waals surface area contributed by atoms with Gasteiger partial charge in [-0.2, -0.15) is 8.75 Å². The highest BCUT2D eigenvalue weighted by molar-refractivity contribution is 6.99. The van der Waals surface area contributed by atoms with Gasteiger partial charge in [-0.15, -0.1) is 0 Å². The molecular weight excluding hydrogens is 229 g/mol. The van der Waals surface area contributed by atoms with Gasteiger partial charge >= 0.3 is 0 Å². The Hall–Kier alpha value is -0.320. The summed E-state index contributed by atoms with van der Waals surface area (Å²) in [6, 6.07) is 0. The first-order chi connectivity index (χ1) is 6.27. The number of rotatable bonds is 1. The van der Waals surface area contributed by atoms with Crippen LogP contribution in [0.25, 0.3) is 0 Å². The zero-order chi connectivity index (χ0) is 9.26. The van der Waals surface area contributed by atoms with Gasteiger partial charge in [0.1, 0.15) is 0 Å². The molecule has 1 aromatic rings. The Bertz CT molecular complexity index is 336. The van der Waals surface area contributed by atoms with Crippen LogP contribution in [0.4, 0.5) is 5.82 Å². The average Bonchev–Trinajstić information content (AvgIpc) is 2.51. The molecule has 2 heterocycles. The van der Waals surface area contributed by atoms with Crippen molar-refractivity contribution in [1.82, 2.24) is 8.75 Å². The number of nitrogens with zero attached hydrogens (tertiary/aromatic N) is 3. The lowest BCUT2D eigenvalue weighted by molar-refractivity contribution is 0.803. The van der Waals surface area contributed by atoms with Crippen LogP contribution in [-0.4, -0.2) is 21.8 Å². The van der Waals surface area contributed by atoms with Gasteiger partial charge in [-0.05, 0) is 6.42 Å². The number of anilines is 1. The van der Waals surface area contributed by atoms with Gasteiger partial charge in [0, 0.05) is 11.6 Å². The van der Waals surface area contributed by atoms with Gasteiger partial charge in [-0.25, -0.2) is 0 Å². The SMILES string of the molecule is ClC1=CCCN(c2nsnc2Cl)C1. The number of halogens is 2. The van der Waals surface area contributed by atoms with Gasteiger partial charge in [0.2, 0.25) is 0 Å². The van der Waals surface area contributed by atoms with E-state index in [2.05, 4.69) is 8.75 Å². The first-order valence-corrected chi connectivity index (χ1v) is 5.33. The van der Waals surface area contributed by atoms with Crippen molar-refractivity contribution < 1.29 is 0 Å². The normalized spacial score (nSPS) is 17.4. The van der Waals surface area contributed by atoms with Crippen LogP contribution in [0.2, 0.25) is 5.15 Å². The summed E-state index contributed by atoms with van der Waals surface area (Å²) >= 11 is 12.9. The van der Waals surface area contributed by atoms with E-state index in [4.69, 9.17) is 23.2 Å². The van der Waals surface area contributed by atoms with Gasteiger partial charge in [-0.3, -0.25) is 0 Å². The molecule has 0 saturated heterocycles. The van der Waals surface area contributed by atoms with E-state index in [-0.39, 0.29) is 0 Å². The molecule has 0 atom stereocenters. The zero-order valence-corrected chi connectivity index (χ0v) is 9.03. The molecule has 6 heteroatoms. The maximum atomic E-state index is 5.91. The minimum absolute atomic E-state index is 0.469. The average molecular weight is 236 g/mol. The third-order valence-corrected chi connectivity index (χ3v) is 2.99. The Morgan fingerprint density at radius 1 is 1.38 bits per heavy atom. The highest BCUT2D eigenvalue weighted by Gasteiger charge is 2.17. The molecule has 0 amide bonds. The fourth-order valence-electron chi connectivity index (χ4n) is 1.25. The van der Waals surface area contributed by atoms with Crippen molar-refractivity contribution in [1.29, 1.82) is 0 Å². The van der Waals surface area contributed by atoms with Crippen molar-refractivity contribution >= 4 is 40.7 Å². The van der Waals surface area contributed by atoms with E-state index in [1.165, 1.54) is 0 Å². The number of hydrogen-bond donors (Lipinski definition) is 0. The van der Waals surface area contributed by atoms with Gasteiger partial charge in [0.05, 0.1) is 18.3 Å². The van der Waals surface area contributed by atoms with Crippen molar-refractivity contribution in [2.24, 2.45) is 0 Å². The molecular formula is C7H7Cl2N3S. The predicted octanol–water partition coefficient (Wildman–Crippen LogP) is 2.52. The molecule has 70 valence electrons. The van der Waals surface area contributed by atoms with Crippen molar-refractivity contribution in [3.8, 4) is 0 Å². The molecule has 0 saturated carbocycles. The Kier molecular flexibility index (Phi) is 2.71. The number of hydrogen-bond acceptors (Lipinski definition) is 4. The smallest absolute Gasteiger partial charge is 0.187 e. The van der Waals surface area contributed by atoms with Crippen LogP contribution in [0, 0.1) is 0 Å². The summed E-state index contributed by atoms with van der Waals surface area (Å²) in [5.41, 5.74) is 0. The molecule has 1 aromatic heterocycles. The van der Waals surface area contributed by atoms with Crippen molar-refractivity contribution in [3.63, 3.8) is 0 Å². The minimum atomic E-state index is 0.469. The molecule has 0 unspecified atom stereocenters. The predicted molar refractivity (Wildman–Crippen MR) is 55.7 cm³/mol. The van der Waals surface area contributed by atoms with Crippen LogP contribution in [0.3, 0.4) is 0 Å². The molecule has 0 N–H and O–H groups in total. The Morgan fingerprint density at radius 2 is 2.23 bits per heavy atom.